The van der Waals surface area contributed by atoms with Gasteiger partial charge in [0.25, 0.3) is 0 Å². The highest BCUT2D eigenvalue weighted by molar-refractivity contribution is 7.90. The zero-order chi connectivity index (χ0) is 38.3. The molecule has 2 aliphatic carbocycles. The Hall–Kier alpha value is -4.08. The number of amides is 2. The fourth-order valence-corrected chi connectivity index (χ4v) is 8.70. The lowest BCUT2D eigenvalue weighted by atomic mass is 9.90. The molecule has 3 fully saturated rings. The second kappa shape index (κ2) is 14.6. The normalized spacial score (nSPS) is 27.9. The number of rotatable bonds is 7. The number of carbonyl (C=O) groups excluding carboxylic acids is 4. The number of fused-ring (bicyclic) bond motifs is 3. The molecule has 0 bridgehead atoms. The molecule has 2 saturated carbocycles. The third-order valence-electron chi connectivity index (χ3n) is 10.3. The molecular weight excluding hydrogens is 717 g/mol. The van der Waals surface area contributed by atoms with Crippen molar-refractivity contribution in [3.8, 4) is 5.88 Å². The zero-order valence-electron chi connectivity index (χ0n) is 30.0. The molecule has 1 aromatic carbocycles. The number of hydrogen-bond acceptors (Lipinski definition) is 10. The second-order valence-corrected chi connectivity index (χ2v) is 17.6. The van der Waals surface area contributed by atoms with Crippen LogP contribution in [0.3, 0.4) is 0 Å². The predicted octanol–water partition coefficient (Wildman–Crippen LogP) is 5.44. The Morgan fingerprint density at radius 2 is 1.72 bits per heavy atom. The van der Waals surface area contributed by atoms with Crippen LogP contribution in [0.2, 0.25) is 0 Å². The fraction of sp³-hybridized carbons (Fsp3) is 0.622. The number of benzene rings is 1. The van der Waals surface area contributed by atoms with Gasteiger partial charge in [-0.25, -0.2) is 18.4 Å². The van der Waals surface area contributed by atoms with Gasteiger partial charge in [-0.05, 0) is 77.3 Å². The number of alkyl halides is 3. The Balaban J connectivity index is 1.33. The molecule has 1 saturated heterocycles. The van der Waals surface area contributed by atoms with Crippen LogP contribution in [0.4, 0.5) is 13.2 Å². The third-order valence-corrected chi connectivity index (χ3v) is 12.1. The molecule has 0 unspecified atom stereocenters. The van der Waals surface area contributed by atoms with Gasteiger partial charge in [0.05, 0.1) is 40.7 Å². The number of allylic oxidation sites excluding steroid dienone is 2. The second-order valence-electron chi connectivity index (χ2n) is 15.7. The summed E-state index contributed by atoms with van der Waals surface area (Å²) in [7, 11) is -3.93. The number of nitrogens with zero attached hydrogens (tertiary/aromatic N) is 3. The minimum absolute atomic E-state index is 0.00177. The first kappa shape index (κ1) is 38.6. The summed E-state index contributed by atoms with van der Waals surface area (Å²) in [5.74, 6) is -4.65. The number of esters is 1. The van der Waals surface area contributed by atoms with Gasteiger partial charge in [0.1, 0.15) is 11.7 Å². The molecule has 2 amide bonds. The average molecular weight is 763 g/mol. The molecule has 16 heteroatoms. The molecule has 3 heterocycles. The number of hydrogen-bond donors (Lipinski definition) is 1. The Bertz CT molecular complexity index is 1910. The summed E-state index contributed by atoms with van der Waals surface area (Å²) in [6.07, 6.45) is 0.847. The lowest BCUT2D eigenvalue weighted by molar-refractivity contribution is -0.159. The van der Waals surface area contributed by atoms with E-state index >= 15 is 0 Å². The molecule has 0 spiro atoms. The molecule has 2 aromatic rings. The molecule has 288 valence electrons. The maximum Gasteiger partial charge on any atom is 0.438 e. The van der Waals surface area contributed by atoms with E-state index in [0.717, 1.165) is 6.42 Å². The van der Waals surface area contributed by atoms with Crippen LogP contribution in [0, 0.1) is 17.3 Å². The molecule has 5 atom stereocenters. The first-order chi connectivity index (χ1) is 24.9. The van der Waals surface area contributed by atoms with Gasteiger partial charge in [-0.3, -0.25) is 23.9 Å². The van der Waals surface area contributed by atoms with Gasteiger partial charge < -0.3 is 14.4 Å². The summed E-state index contributed by atoms with van der Waals surface area (Å²) >= 11 is 0. The highest BCUT2D eigenvalue weighted by Crippen LogP contribution is 2.57. The first-order valence-corrected chi connectivity index (χ1v) is 19.7. The largest absolute Gasteiger partial charge is 0.471 e. The monoisotopic (exact) mass is 762 g/mol. The number of aromatic nitrogens is 2. The molecule has 0 radical (unpaired) electrons. The van der Waals surface area contributed by atoms with E-state index in [-0.39, 0.29) is 36.8 Å². The van der Waals surface area contributed by atoms with Gasteiger partial charge in [-0.15, -0.1) is 0 Å². The molecule has 6 rings (SSSR count). The number of carbonyl (C=O) groups is 4. The van der Waals surface area contributed by atoms with Crippen LogP contribution >= 0.6 is 0 Å². The van der Waals surface area contributed by atoms with Crippen LogP contribution in [-0.2, 0) is 40.1 Å². The van der Waals surface area contributed by atoms with E-state index in [0.29, 0.717) is 38.5 Å². The van der Waals surface area contributed by atoms with E-state index in [9.17, 15) is 40.8 Å². The van der Waals surface area contributed by atoms with Crippen LogP contribution in [0.5, 0.6) is 5.88 Å². The van der Waals surface area contributed by atoms with Gasteiger partial charge in [0.2, 0.25) is 33.4 Å². The highest BCUT2D eigenvalue weighted by Gasteiger charge is 2.61. The summed E-state index contributed by atoms with van der Waals surface area (Å²) in [5, 5.41) is -0.670. The number of para-hydroxylation sites is 2. The van der Waals surface area contributed by atoms with E-state index in [1.165, 1.54) is 23.1 Å². The maximum absolute atomic E-state index is 14.4. The zero-order valence-corrected chi connectivity index (χ0v) is 30.8. The quantitative estimate of drug-likeness (QED) is 0.284. The highest BCUT2D eigenvalue weighted by atomic mass is 32.2. The SMILES string of the molecule is CC(C)(C)OC(=O)C[C@H]1CCCCC/C=C\[C@@H]2C[C@@]2(C(=O)NS(=O)(=O)C2CC2)CC(=O)[C@@H]2C[C@@H](Oc3nc4ccccc4nc3C(F)(F)F)CN2C1=O. The van der Waals surface area contributed by atoms with Gasteiger partial charge in [-0.1, -0.05) is 37.1 Å². The molecule has 1 N–H and O–H groups in total. The number of sulfonamides is 1. The summed E-state index contributed by atoms with van der Waals surface area (Å²) < 4.78 is 81.9. The van der Waals surface area contributed by atoms with E-state index in [1.54, 1.807) is 26.8 Å². The fourth-order valence-electron chi connectivity index (χ4n) is 7.31. The van der Waals surface area contributed by atoms with Crippen LogP contribution in [0.25, 0.3) is 11.0 Å². The summed E-state index contributed by atoms with van der Waals surface area (Å²) in [6, 6.07) is 4.75. The van der Waals surface area contributed by atoms with Crippen molar-refractivity contribution in [2.75, 3.05) is 6.54 Å². The van der Waals surface area contributed by atoms with Crippen LogP contribution in [0.15, 0.2) is 36.4 Å². The molecule has 12 nitrogen and oxygen atoms in total. The minimum Gasteiger partial charge on any atom is -0.471 e. The number of nitrogens with one attached hydrogen (secondary N) is 1. The summed E-state index contributed by atoms with van der Waals surface area (Å²) in [5.41, 5.74) is -3.41. The van der Waals surface area contributed by atoms with E-state index in [2.05, 4.69) is 14.7 Å². The van der Waals surface area contributed by atoms with E-state index in [1.807, 2.05) is 12.2 Å². The summed E-state index contributed by atoms with van der Waals surface area (Å²) in [4.78, 5) is 64.6. The Morgan fingerprint density at radius 1 is 1.02 bits per heavy atom. The Morgan fingerprint density at radius 3 is 2.38 bits per heavy atom. The molecule has 2 aliphatic heterocycles. The van der Waals surface area contributed by atoms with Crippen molar-refractivity contribution in [3.63, 3.8) is 0 Å². The first-order valence-electron chi connectivity index (χ1n) is 18.1. The third kappa shape index (κ3) is 9.01. The standard InChI is InChI=1S/C37H45F3N4O8S/c1-35(2,3)52-30(46)17-22-11-7-5-4-6-8-12-23-19-36(23,34(48)43-53(49,50)25-15-16-25)20-29(45)28-18-24(21-44(28)33(22)47)51-32-31(37(38,39)40)41-26-13-9-10-14-27(26)42-32/h8-10,12-14,22-25,28H,4-7,11,15-21H2,1-3H3,(H,43,48)/b12-8-/t22-,23-,24-,28+,36-/m1/s1. The smallest absolute Gasteiger partial charge is 0.438 e. The van der Waals surface area contributed by atoms with Gasteiger partial charge in [0.15, 0.2) is 5.78 Å². The lowest BCUT2D eigenvalue weighted by Crippen LogP contribution is -2.46. The van der Waals surface area contributed by atoms with E-state index < -0.39 is 98.0 Å². The van der Waals surface area contributed by atoms with Crippen LogP contribution in [-0.4, -0.2) is 76.4 Å². The Labute approximate surface area is 306 Å². The number of halogens is 3. The molecular formula is C37H45F3N4O8S. The predicted molar refractivity (Wildman–Crippen MR) is 185 cm³/mol. The van der Waals surface area contributed by atoms with Gasteiger partial charge in [0, 0.05) is 18.8 Å². The van der Waals surface area contributed by atoms with Crippen LogP contribution < -0.4 is 9.46 Å². The van der Waals surface area contributed by atoms with Crippen LogP contribution in [0.1, 0.15) is 97.1 Å². The van der Waals surface area contributed by atoms with Crippen molar-refractivity contribution >= 4 is 44.6 Å². The average Bonchev–Trinajstić information content (AvgIpc) is 3.98. The van der Waals surface area contributed by atoms with Crippen molar-refractivity contribution < 1.29 is 50.2 Å². The number of ether oxygens (including phenoxy) is 2. The molecule has 1 aromatic heterocycles. The number of Topliss-reactive ketones (excluding diaryl/α,β-unsaturated/α-hetero) is 1. The Kier molecular flexibility index (Phi) is 10.7. The number of ketones is 1. The van der Waals surface area contributed by atoms with Gasteiger partial charge in [-0.2, -0.15) is 13.2 Å². The topological polar surface area (TPSA) is 162 Å². The minimum atomic E-state index is -4.94. The lowest BCUT2D eigenvalue weighted by Gasteiger charge is -2.29. The van der Waals surface area contributed by atoms with Crippen molar-refractivity contribution in [1.29, 1.82) is 0 Å². The summed E-state index contributed by atoms with van der Waals surface area (Å²) in [6.45, 7) is 4.80. The van der Waals surface area contributed by atoms with Crippen molar-refractivity contribution in [1.82, 2.24) is 19.6 Å². The van der Waals surface area contributed by atoms with Crippen molar-refractivity contribution in [2.45, 2.75) is 121 Å². The van der Waals surface area contributed by atoms with E-state index in [4.69, 9.17) is 9.47 Å². The van der Waals surface area contributed by atoms with Crippen molar-refractivity contribution in [2.24, 2.45) is 17.3 Å². The maximum atomic E-state index is 14.4. The molecule has 4 aliphatic rings. The molecule has 53 heavy (non-hydrogen) atoms. The van der Waals surface area contributed by atoms with Crippen molar-refractivity contribution in [3.05, 3.63) is 42.1 Å². The van der Waals surface area contributed by atoms with Gasteiger partial charge >= 0.3 is 12.1 Å².